The lowest BCUT2D eigenvalue weighted by Gasteiger charge is -2.00. The van der Waals surface area contributed by atoms with Crippen molar-refractivity contribution in [2.45, 2.75) is 6.42 Å². The van der Waals surface area contributed by atoms with Gasteiger partial charge in [0.25, 0.3) is 0 Å². The van der Waals surface area contributed by atoms with E-state index in [-0.39, 0.29) is 6.61 Å². The van der Waals surface area contributed by atoms with E-state index in [2.05, 4.69) is 0 Å². The Balaban J connectivity index is -0.000000155. The molecule has 1 unspecified atom stereocenters. The molecule has 0 aliphatic rings. The van der Waals surface area contributed by atoms with Crippen molar-refractivity contribution >= 4 is 33.5 Å². The van der Waals surface area contributed by atoms with Crippen molar-refractivity contribution in [2.75, 3.05) is 43.6 Å². The zero-order valence-electron chi connectivity index (χ0n) is 10.0. The summed E-state index contributed by atoms with van der Waals surface area (Å²) in [4.78, 5) is 0. The maximum atomic E-state index is 10.2. The second-order valence-corrected chi connectivity index (χ2v) is 7.36. The van der Waals surface area contributed by atoms with Crippen molar-refractivity contribution in [2.24, 2.45) is 0 Å². The van der Waals surface area contributed by atoms with Crippen LogP contribution in [0.15, 0.2) is 0 Å². The Labute approximate surface area is 102 Å². The van der Waals surface area contributed by atoms with Gasteiger partial charge in [0.2, 0.25) is 0 Å². The minimum absolute atomic E-state index is 0.152. The van der Waals surface area contributed by atoms with Crippen molar-refractivity contribution in [1.82, 2.24) is 0 Å². The molecule has 7 heteroatoms. The van der Waals surface area contributed by atoms with Crippen molar-refractivity contribution in [1.29, 1.82) is 0 Å². The van der Waals surface area contributed by atoms with E-state index in [1.807, 2.05) is 0 Å². The summed E-state index contributed by atoms with van der Waals surface area (Å²) in [5.74, 6) is 0.622. The summed E-state index contributed by atoms with van der Waals surface area (Å²) < 4.78 is 29.3. The molecule has 0 saturated heterocycles. The highest BCUT2D eigenvalue weighted by molar-refractivity contribution is 7.90. The Morgan fingerprint density at radius 3 is 1.20 bits per heavy atom. The first kappa shape index (κ1) is 21.2. The van der Waals surface area contributed by atoms with E-state index in [4.69, 9.17) is 5.11 Å². The van der Waals surface area contributed by atoms with Gasteiger partial charge < -0.3 is 18.8 Å². The van der Waals surface area contributed by atoms with E-state index < -0.39 is 33.5 Å². The van der Waals surface area contributed by atoms with Crippen LogP contribution in [0.3, 0.4) is 0 Å². The van der Waals surface area contributed by atoms with E-state index in [0.717, 1.165) is 0 Å². The monoisotopic (exact) mass is 278 g/mol. The largest absolute Gasteiger partial charge is 0.617 e. The highest BCUT2D eigenvalue weighted by Gasteiger charge is 1.92. The second-order valence-electron chi connectivity index (χ2n) is 2.84. The molecule has 15 heavy (non-hydrogen) atoms. The van der Waals surface area contributed by atoms with Crippen LogP contribution in [0.1, 0.15) is 6.42 Å². The van der Waals surface area contributed by atoms with Crippen LogP contribution in [0.2, 0.25) is 0 Å². The highest BCUT2D eigenvalue weighted by Crippen LogP contribution is 1.85. The van der Waals surface area contributed by atoms with E-state index >= 15 is 0 Å². The molecule has 0 radical (unpaired) electrons. The molecule has 0 aromatic rings. The number of hydrogen-bond donors (Lipinski definition) is 1. The minimum Gasteiger partial charge on any atom is -0.617 e. The van der Waals surface area contributed by atoms with Gasteiger partial charge in [0, 0.05) is 13.0 Å². The summed E-state index contributed by atoms with van der Waals surface area (Å²) in [6, 6.07) is 0. The molecule has 4 nitrogen and oxygen atoms in total. The van der Waals surface area contributed by atoms with Gasteiger partial charge >= 0.3 is 0 Å². The number of aliphatic hydroxyl groups excluding tert-OH is 1. The minimum atomic E-state index is -0.725. The molecular weight excluding hydrogens is 256 g/mol. The lowest BCUT2D eigenvalue weighted by Crippen LogP contribution is -2.03. The molecule has 0 rings (SSSR count). The summed E-state index contributed by atoms with van der Waals surface area (Å²) in [5.41, 5.74) is 0. The van der Waals surface area contributed by atoms with Crippen LogP contribution in [-0.2, 0) is 33.5 Å². The maximum absolute atomic E-state index is 10.2. The first-order chi connectivity index (χ1) is 6.73. The Kier molecular flexibility index (Phi) is 24.4. The summed E-state index contributed by atoms with van der Waals surface area (Å²) in [7, 11) is 0. The average molecular weight is 278 g/mol. The maximum Gasteiger partial charge on any atom is 0.107 e. The molecule has 96 valence electrons. The molecule has 0 aliphatic heterocycles. The Morgan fingerprint density at radius 1 is 0.867 bits per heavy atom. The lowest BCUT2D eigenvalue weighted by molar-refractivity contribution is 0.295. The van der Waals surface area contributed by atoms with Gasteiger partial charge in [-0.25, -0.2) is 0 Å². The molecule has 1 N–H and O–H groups in total. The normalized spacial score (nSPS) is 11.4. The molecule has 0 aliphatic carbocycles. The lowest BCUT2D eigenvalue weighted by atomic mass is 10.5. The van der Waals surface area contributed by atoms with Crippen LogP contribution >= 0.6 is 0 Å². The van der Waals surface area contributed by atoms with E-state index in [9.17, 15) is 13.7 Å². The van der Waals surface area contributed by atoms with Crippen LogP contribution in [0, 0.1) is 0 Å². The van der Waals surface area contributed by atoms with E-state index in [0.29, 0.717) is 12.2 Å². The van der Waals surface area contributed by atoms with Crippen molar-refractivity contribution < 1.29 is 18.8 Å². The molecule has 0 fully saturated rings. The van der Waals surface area contributed by atoms with E-state index in [1.54, 1.807) is 31.3 Å². The molecule has 0 heterocycles. The first-order valence-electron chi connectivity index (χ1n) is 4.15. The van der Waals surface area contributed by atoms with Gasteiger partial charge in [-0.15, -0.1) is 0 Å². The molecule has 0 aromatic heterocycles. The van der Waals surface area contributed by atoms with Crippen molar-refractivity contribution in [3.8, 4) is 0 Å². The Morgan fingerprint density at radius 2 is 1.13 bits per heavy atom. The number of hydrogen-bond acceptors (Lipinski definition) is 4. The fourth-order valence-corrected chi connectivity index (χ4v) is 0.803. The molecule has 0 spiro atoms. The third-order valence-electron chi connectivity index (χ3n) is 0.590. The highest BCUT2D eigenvalue weighted by atomic mass is 32.2. The fraction of sp³-hybridized carbons (Fsp3) is 1.00. The van der Waals surface area contributed by atoms with Gasteiger partial charge in [0.15, 0.2) is 0 Å². The SMILES string of the molecule is C[S+](C)[O-].C[S+](C)[O-].C[S+]([O-])CCCO. The summed E-state index contributed by atoms with van der Waals surface area (Å²) in [5, 5.41) is 8.18. The topological polar surface area (TPSA) is 89.4 Å². The predicted octanol–water partition coefficient (Wildman–Crippen LogP) is -0.263. The Hall–Kier alpha value is 0.890. The molecular formula is C8H22O4S3. The van der Waals surface area contributed by atoms with Crippen LogP contribution < -0.4 is 0 Å². The average Bonchev–Trinajstić information content (AvgIpc) is 1.98. The smallest absolute Gasteiger partial charge is 0.107 e. The standard InChI is InChI=1S/C4H10O2S.2C2H6OS/c1-7(6)4-2-3-5;2*1-4(2)3/h5H,2-4H2,1H3;2*1-2H3. The van der Waals surface area contributed by atoms with Gasteiger partial charge in [-0.2, -0.15) is 0 Å². The number of rotatable bonds is 3. The zero-order valence-corrected chi connectivity index (χ0v) is 12.5. The third kappa shape index (κ3) is 103. The first-order valence-corrected chi connectivity index (χ1v) is 9.81. The van der Waals surface area contributed by atoms with Crippen LogP contribution in [0.4, 0.5) is 0 Å². The Bertz CT molecular complexity index is 90.4. The fourth-order valence-electron chi connectivity index (χ4n) is 0.268. The zero-order chi connectivity index (χ0) is 12.9. The predicted molar refractivity (Wildman–Crippen MR) is 70.6 cm³/mol. The third-order valence-corrected chi connectivity index (χ3v) is 1.45. The van der Waals surface area contributed by atoms with Crippen molar-refractivity contribution in [3.63, 3.8) is 0 Å². The summed E-state index contributed by atoms with van der Waals surface area (Å²) in [6.45, 7) is 0.152. The summed E-state index contributed by atoms with van der Waals surface area (Å²) in [6.07, 6.45) is 8.85. The number of aliphatic hydroxyl groups is 1. The van der Waals surface area contributed by atoms with Gasteiger partial charge in [0.1, 0.15) is 5.75 Å². The van der Waals surface area contributed by atoms with Gasteiger partial charge in [0.05, 0.1) is 31.3 Å². The van der Waals surface area contributed by atoms with Crippen LogP contribution in [0.5, 0.6) is 0 Å². The van der Waals surface area contributed by atoms with Gasteiger partial charge in [-0.1, -0.05) is 33.5 Å². The summed E-state index contributed by atoms with van der Waals surface area (Å²) >= 11 is -1.95. The second kappa shape index (κ2) is 17.3. The quantitative estimate of drug-likeness (QED) is 0.720. The van der Waals surface area contributed by atoms with E-state index in [1.165, 1.54) is 0 Å². The molecule has 1 atom stereocenters. The van der Waals surface area contributed by atoms with Gasteiger partial charge in [-0.3, -0.25) is 0 Å². The van der Waals surface area contributed by atoms with Crippen LogP contribution in [-0.4, -0.2) is 62.4 Å². The molecule has 0 saturated carbocycles. The van der Waals surface area contributed by atoms with Crippen molar-refractivity contribution in [3.05, 3.63) is 0 Å². The van der Waals surface area contributed by atoms with Gasteiger partial charge in [-0.05, 0) is 0 Å². The van der Waals surface area contributed by atoms with Crippen LogP contribution in [0.25, 0.3) is 0 Å². The molecule has 0 amide bonds. The molecule has 0 bridgehead atoms. The molecule has 0 aromatic carbocycles.